The predicted octanol–water partition coefficient (Wildman–Crippen LogP) is 5.18. The number of carbonyl (C=O) groups is 1. The Labute approximate surface area is 184 Å². The quantitative estimate of drug-likeness (QED) is 0.530. The minimum absolute atomic E-state index is 0.0714. The smallest absolute Gasteiger partial charge is 0.261 e. The summed E-state index contributed by atoms with van der Waals surface area (Å²) in [7, 11) is 0. The average molecular weight is 420 g/mol. The van der Waals surface area contributed by atoms with Crippen molar-refractivity contribution in [1.82, 2.24) is 14.5 Å². The Bertz CT molecular complexity index is 1100. The van der Waals surface area contributed by atoms with Crippen LogP contribution >= 0.6 is 0 Å². The maximum Gasteiger partial charge on any atom is 0.261 e. The number of carbonyl (C=O) groups excluding carboxylic acids is 1. The highest BCUT2D eigenvalue weighted by atomic mass is 16.2. The topological polar surface area (TPSA) is 55.2 Å². The van der Waals surface area contributed by atoms with Crippen LogP contribution in [0.4, 0.5) is 0 Å². The molecule has 0 aliphatic carbocycles. The highest BCUT2D eigenvalue weighted by Crippen LogP contribution is 2.27. The number of amides is 1. The maximum absolute atomic E-state index is 13.5. The molecule has 0 spiro atoms. The van der Waals surface area contributed by atoms with Crippen LogP contribution in [0.5, 0.6) is 0 Å². The van der Waals surface area contributed by atoms with E-state index in [9.17, 15) is 9.59 Å². The second-order valence-electron chi connectivity index (χ2n) is 9.14. The Morgan fingerprint density at radius 1 is 1.06 bits per heavy atom. The van der Waals surface area contributed by atoms with Gasteiger partial charge in [0, 0.05) is 12.0 Å². The molecular formula is C26H33N3O2. The van der Waals surface area contributed by atoms with Gasteiger partial charge < -0.3 is 4.90 Å². The SMILES string of the molecule is CCCCN(C(=O)C(C)(C)C)C(C)c1nc2ccccc2c(=O)n1Cc1ccccc1. The van der Waals surface area contributed by atoms with Gasteiger partial charge in [-0.3, -0.25) is 14.2 Å². The first-order chi connectivity index (χ1) is 14.7. The molecule has 3 aromatic rings. The number of nitrogens with zero attached hydrogens (tertiary/aromatic N) is 3. The van der Waals surface area contributed by atoms with Crippen molar-refractivity contribution in [3.8, 4) is 0 Å². The summed E-state index contributed by atoms with van der Waals surface area (Å²) >= 11 is 0. The summed E-state index contributed by atoms with van der Waals surface area (Å²) in [6.45, 7) is 11.0. The molecule has 0 fully saturated rings. The van der Waals surface area contributed by atoms with Crippen LogP contribution in [0.3, 0.4) is 0 Å². The first-order valence-electron chi connectivity index (χ1n) is 11.1. The largest absolute Gasteiger partial charge is 0.332 e. The summed E-state index contributed by atoms with van der Waals surface area (Å²) in [4.78, 5) is 33.6. The number of fused-ring (bicyclic) bond motifs is 1. The molecule has 0 saturated carbocycles. The predicted molar refractivity (Wildman–Crippen MR) is 126 cm³/mol. The van der Waals surface area contributed by atoms with E-state index in [0.717, 1.165) is 18.4 Å². The number of para-hydroxylation sites is 1. The Morgan fingerprint density at radius 3 is 2.35 bits per heavy atom. The molecule has 2 aromatic carbocycles. The second-order valence-corrected chi connectivity index (χ2v) is 9.14. The molecule has 0 aliphatic rings. The molecule has 0 saturated heterocycles. The number of unbranched alkanes of at least 4 members (excludes halogenated alkanes) is 1. The first kappa shape index (κ1) is 22.7. The van der Waals surface area contributed by atoms with Gasteiger partial charge in [-0.15, -0.1) is 0 Å². The van der Waals surface area contributed by atoms with Gasteiger partial charge in [0.15, 0.2) is 0 Å². The van der Waals surface area contributed by atoms with Gasteiger partial charge in [-0.2, -0.15) is 0 Å². The number of rotatable bonds is 7. The lowest BCUT2D eigenvalue weighted by Gasteiger charge is -2.35. The van der Waals surface area contributed by atoms with Gasteiger partial charge >= 0.3 is 0 Å². The fourth-order valence-electron chi connectivity index (χ4n) is 3.79. The highest BCUT2D eigenvalue weighted by Gasteiger charge is 2.32. The zero-order valence-electron chi connectivity index (χ0n) is 19.3. The molecule has 5 nitrogen and oxygen atoms in total. The summed E-state index contributed by atoms with van der Waals surface area (Å²) in [5.74, 6) is 0.698. The van der Waals surface area contributed by atoms with Gasteiger partial charge in [-0.1, -0.05) is 76.6 Å². The van der Waals surface area contributed by atoms with Crippen LogP contribution < -0.4 is 5.56 Å². The molecule has 0 N–H and O–H groups in total. The van der Waals surface area contributed by atoms with Crippen molar-refractivity contribution < 1.29 is 4.79 Å². The molecule has 1 aromatic heterocycles. The van der Waals surface area contributed by atoms with E-state index in [0.29, 0.717) is 29.8 Å². The monoisotopic (exact) mass is 419 g/mol. The van der Waals surface area contributed by atoms with E-state index >= 15 is 0 Å². The molecule has 0 radical (unpaired) electrons. The van der Waals surface area contributed by atoms with Crippen LogP contribution in [-0.4, -0.2) is 26.9 Å². The normalized spacial score (nSPS) is 12.7. The molecule has 164 valence electrons. The molecule has 1 atom stereocenters. The van der Waals surface area contributed by atoms with Gasteiger partial charge in [-0.25, -0.2) is 4.98 Å². The van der Waals surface area contributed by atoms with Crippen molar-refractivity contribution in [1.29, 1.82) is 0 Å². The van der Waals surface area contributed by atoms with Crippen LogP contribution in [0.25, 0.3) is 10.9 Å². The molecule has 0 bridgehead atoms. The van der Waals surface area contributed by atoms with Crippen molar-refractivity contribution in [3.05, 3.63) is 76.3 Å². The minimum atomic E-state index is -0.511. The number of hydrogen-bond acceptors (Lipinski definition) is 3. The van der Waals surface area contributed by atoms with Crippen LogP contribution in [0.15, 0.2) is 59.4 Å². The summed E-state index contributed by atoms with van der Waals surface area (Å²) in [6.07, 6.45) is 1.89. The fourth-order valence-corrected chi connectivity index (χ4v) is 3.79. The van der Waals surface area contributed by atoms with Gasteiger partial charge in [0.2, 0.25) is 5.91 Å². The first-order valence-corrected chi connectivity index (χ1v) is 11.1. The Morgan fingerprint density at radius 2 is 1.71 bits per heavy atom. The molecule has 1 unspecified atom stereocenters. The van der Waals surface area contributed by atoms with E-state index in [4.69, 9.17) is 4.98 Å². The third-order valence-electron chi connectivity index (χ3n) is 5.57. The van der Waals surface area contributed by atoms with Crippen molar-refractivity contribution in [2.24, 2.45) is 5.41 Å². The van der Waals surface area contributed by atoms with Gasteiger partial charge in [0.05, 0.1) is 23.5 Å². The lowest BCUT2D eigenvalue weighted by atomic mass is 9.93. The lowest BCUT2D eigenvalue weighted by molar-refractivity contribution is -0.142. The van der Waals surface area contributed by atoms with E-state index in [1.807, 2.05) is 87.2 Å². The molecule has 1 amide bonds. The number of aromatic nitrogens is 2. The minimum Gasteiger partial charge on any atom is -0.332 e. The van der Waals surface area contributed by atoms with Crippen LogP contribution in [-0.2, 0) is 11.3 Å². The van der Waals surface area contributed by atoms with Crippen LogP contribution in [0, 0.1) is 5.41 Å². The second kappa shape index (κ2) is 9.46. The summed E-state index contributed by atoms with van der Waals surface area (Å²) in [5, 5.41) is 0.594. The molecule has 5 heteroatoms. The standard InChI is InChI=1S/C26H33N3O2/c1-6-7-17-28(25(31)26(3,4)5)19(2)23-27-22-16-12-11-15-21(22)24(30)29(23)18-20-13-9-8-10-14-20/h8-16,19H,6-7,17-18H2,1-5H3. The Balaban J connectivity index is 2.16. The third kappa shape index (κ3) is 5.04. The van der Waals surface area contributed by atoms with Crippen molar-refractivity contribution in [2.45, 2.75) is 60.0 Å². The van der Waals surface area contributed by atoms with Gasteiger partial charge in [0.25, 0.3) is 5.56 Å². The van der Waals surface area contributed by atoms with E-state index in [2.05, 4.69) is 6.92 Å². The molecule has 3 rings (SSSR count). The number of benzene rings is 2. The highest BCUT2D eigenvalue weighted by molar-refractivity contribution is 5.82. The zero-order chi connectivity index (χ0) is 22.6. The maximum atomic E-state index is 13.5. The van der Waals surface area contributed by atoms with E-state index in [1.165, 1.54) is 0 Å². The van der Waals surface area contributed by atoms with Gasteiger partial charge in [-0.05, 0) is 31.0 Å². The molecule has 31 heavy (non-hydrogen) atoms. The molecular weight excluding hydrogens is 386 g/mol. The van der Waals surface area contributed by atoms with Gasteiger partial charge in [0.1, 0.15) is 5.82 Å². The summed E-state index contributed by atoms with van der Waals surface area (Å²) in [6, 6.07) is 17.0. The van der Waals surface area contributed by atoms with Crippen molar-refractivity contribution in [2.75, 3.05) is 6.54 Å². The van der Waals surface area contributed by atoms with Crippen molar-refractivity contribution in [3.63, 3.8) is 0 Å². The molecule has 1 heterocycles. The fraction of sp³-hybridized carbons (Fsp3) is 0.423. The summed E-state index contributed by atoms with van der Waals surface area (Å²) < 4.78 is 1.73. The van der Waals surface area contributed by atoms with Crippen LogP contribution in [0.1, 0.15) is 64.9 Å². The summed E-state index contributed by atoms with van der Waals surface area (Å²) in [5.41, 5.74) is 1.10. The Hall–Kier alpha value is -2.95. The third-order valence-corrected chi connectivity index (χ3v) is 5.57. The molecule has 0 aliphatic heterocycles. The van der Waals surface area contributed by atoms with Crippen LogP contribution in [0.2, 0.25) is 0 Å². The van der Waals surface area contributed by atoms with E-state index < -0.39 is 5.41 Å². The van der Waals surface area contributed by atoms with Crippen molar-refractivity contribution >= 4 is 16.8 Å². The number of hydrogen-bond donors (Lipinski definition) is 0. The van der Waals surface area contributed by atoms with E-state index in [1.54, 1.807) is 4.57 Å². The average Bonchev–Trinajstić information content (AvgIpc) is 2.75. The Kier molecular flexibility index (Phi) is 6.94. The lowest BCUT2D eigenvalue weighted by Crippen LogP contribution is -2.43. The zero-order valence-corrected chi connectivity index (χ0v) is 19.3. The van der Waals surface area contributed by atoms with E-state index in [-0.39, 0.29) is 17.5 Å².